The highest BCUT2D eigenvalue weighted by Gasteiger charge is 2.32. The van der Waals surface area contributed by atoms with E-state index in [1.54, 1.807) is 11.1 Å². The van der Waals surface area contributed by atoms with Gasteiger partial charge in [-0.2, -0.15) is 0 Å². The van der Waals surface area contributed by atoms with E-state index in [0.29, 0.717) is 6.54 Å². The zero-order chi connectivity index (χ0) is 13.9. The van der Waals surface area contributed by atoms with Crippen LogP contribution in [-0.4, -0.2) is 29.6 Å². The van der Waals surface area contributed by atoms with Crippen LogP contribution in [0.4, 0.5) is 4.79 Å². The van der Waals surface area contributed by atoms with Crippen LogP contribution >= 0.6 is 0 Å². The summed E-state index contributed by atoms with van der Waals surface area (Å²) in [5.74, 6) is 0. The molecule has 1 aliphatic rings. The molecule has 1 amide bonds. The topological polar surface area (TPSA) is 42.4 Å². The standard InChI is InChI=1S/C16H16N2O2/c1-20-16(19)18-10-8-12-5-2-3-7-14(12)15(18)13-6-4-9-17-11-13/h2-7,9,11,15H,8,10H2,1H3. The van der Waals surface area contributed by atoms with E-state index in [4.69, 9.17) is 4.74 Å². The molecule has 0 saturated carbocycles. The quantitative estimate of drug-likeness (QED) is 0.798. The monoisotopic (exact) mass is 268 g/mol. The number of aromatic nitrogens is 1. The van der Waals surface area contributed by atoms with Gasteiger partial charge in [-0.05, 0) is 29.2 Å². The molecule has 0 spiro atoms. The number of carbonyl (C=O) groups is 1. The Morgan fingerprint density at radius 3 is 2.90 bits per heavy atom. The molecule has 20 heavy (non-hydrogen) atoms. The number of pyridine rings is 1. The van der Waals surface area contributed by atoms with Crippen molar-refractivity contribution in [3.8, 4) is 0 Å². The van der Waals surface area contributed by atoms with E-state index in [9.17, 15) is 4.79 Å². The van der Waals surface area contributed by atoms with Gasteiger partial charge in [0.05, 0.1) is 13.2 Å². The van der Waals surface area contributed by atoms with E-state index in [0.717, 1.165) is 17.5 Å². The van der Waals surface area contributed by atoms with E-state index >= 15 is 0 Å². The van der Waals surface area contributed by atoms with Crippen molar-refractivity contribution in [1.29, 1.82) is 0 Å². The molecule has 0 N–H and O–H groups in total. The Morgan fingerprint density at radius 2 is 2.15 bits per heavy atom. The molecule has 0 radical (unpaired) electrons. The van der Waals surface area contributed by atoms with Crippen LogP contribution in [0.3, 0.4) is 0 Å². The van der Waals surface area contributed by atoms with Crippen molar-refractivity contribution >= 4 is 6.09 Å². The fraction of sp³-hybridized carbons (Fsp3) is 0.250. The van der Waals surface area contributed by atoms with Gasteiger partial charge in [-0.25, -0.2) is 4.79 Å². The molecular weight excluding hydrogens is 252 g/mol. The molecule has 0 fully saturated rings. The second-order valence-electron chi connectivity index (χ2n) is 4.80. The average Bonchev–Trinajstić information content (AvgIpc) is 2.53. The summed E-state index contributed by atoms with van der Waals surface area (Å²) in [4.78, 5) is 18.0. The van der Waals surface area contributed by atoms with Crippen molar-refractivity contribution in [1.82, 2.24) is 9.88 Å². The van der Waals surface area contributed by atoms with Gasteiger partial charge in [-0.1, -0.05) is 30.3 Å². The maximum Gasteiger partial charge on any atom is 0.410 e. The molecule has 1 aliphatic heterocycles. The molecule has 4 heteroatoms. The Bertz CT molecular complexity index is 613. The predicted octanol–water partition coefficient (Wildman–Crippen LogP) is 2.80. The Hall–Kier alpha value is -2.36. The number of rotatable bonds is 1. The van der Waals surface area contributed by atoms with Crippen molar-refractivity contribution in [2.45, 2.75) is 12.5 Å². The SMILES string of the molecule is COC(=O)N1CCc2ccccc2C1c1cccnc1. The third-order valence-electron chi connectivity index (χ3n) is 3.69. The lowest BCUT2D eigenvalue weighted by molar-refractivity contribution is 0.109. The molecule has 3 rings (SSSR count). The summed E-state index contributed by atoms with van der Waals surface area (Å²) < 4.78 is 4.92. The van der Waals surface area contributed by atoms with E-state index in [-0.39, 0.29) is 12.1 Å². The number of benzene rings is 1. The second-order valence-corrected chi connectivity index (χ2v) is 4.80. The molecular formula is C16H16N2O2. The first-order chi connectivity index (χ1) is 9.81. The minimum Gasteiger partial charge on any atom is -0.453 e. The molecule has 4 nitrogen and oxygen atoms in total. The highest BCUT2D eigenvalue weighted by atomic mass is 16.5. The second kappa shape index (κ2) is 5.33. The first kappa shape index (κ1) is 12.7. The largest absolute Gasteiger partial charge is 0.453 e. The molecule has 1 unspecified atom stereocenters. The van der Waals surface area contributed by atoms with Gasteiger partial charge in [-0.15, -0.1) is 0 Å². The van der Waals surface area contributed by atoms with Gasteiger partial charge in [0.1, 0.15) is 0 Å². The molecule has 1 aromatic carbocycles. The maximum atomic E-state index is 12.0. The lowest BCUT2D eigenvalue weighted by atomic mass is 9.89. The summed E-state index contributed by atoms with van der Waals surface area (Å²) in [6.07, 6.45) is 4.10. The van der Waals surface area contributed by atoms with Gasteiger partial charge in [0.15, 0.2) is 0 Å². The third-order valence-corrected chi connectivity index (χ3v) is 3.69. The summed E-state index contributed by atoms with van der Waals surface area (Å²) in [7, 11) is 1.42. The minimum atomic E-state index is -0.298. The summed E-state index contributed by atoms with van der Waals surface area (Å²) in [6, 6.07) is 12.0. The van der Waals surface area contributed by atoms with Crippen molar-refractivity contribution in [2.75, 3.05) is 13.7 Å². The van der Waals surface area contributed by atoms with Crippen LogP contribution in [0.5, 0.6) is 0 Å². The van der Waals surface area contributed by atoms with Crippen LogP contribution in [-0.2, 0) is 11.2 Å². The number of carbonyl (C=O) groups excluding carboxylic acids is 1. The maximum absolute atomic E-state index is 12.0. The van der Waals surface area contributed by atoms with Crippen molar-refractivity contribution in [3.63, 3.8) is 0 Å². The summed E-state index contributed by atoms with van der Waals surface area (Å²) >= 11 is 0. The Kier molecular flexibility index (Phi) is 3.37. The summed E-state index contributed by atoms with van der Waals surface area (Å²) in [5, 5.41) is 0. The molecule has 1 aromatic heterocycles. The molecule has 0 saturated heterocycles. The first-order valence-corrected chi connectivity index (χ1v) is 6.63. The van der Waals surface area contributed by atoms with Gasteiger partial charge >= 0.3 is 6.09 Å². The zero-order valence-electron chi connectivity index (χ0n) is 11.3. The van der Waals surface area contributed by atoms with Crippen LogP contribution < -0.4 is 0 Å². The highest BCUT2D eigenvalue weighted by Crippen LogP contribution is 2.34. The van der Waals surface area contributed by atoms with E-state index in [2.05, 4.69) is 17.1 Å². The van der Waals surface area contributed by atoms with Gasteiger partial charge in [0.25, 0.3) is 0 Å². The molecule has 2 heterocycles. The highest BCUT2D eigenvalue weighted by molar-refractivity contribution is 5.69. The number of amides is 1. The fourth-order valence-corrected chi connectivity index (χ4v) is 2.78. The number of methoxy groups -OCH3 is 1. The van der Waals surface area contributed by atoms with Gasteiger partial charge in [0, 0.05) is 18.9 Å². The van der Waals surface area contributed by atoms with Crippen molar-refractivity contribution in [2.24, 2.45) is 0 Å². The van der Waals surface area contributed by atoms with Crippen LogP contribution in [0, 0.1) is 0 Å². The van der Waals surface area contributed by atoms with E-state index in [1.165, 1.54) is 12.7 Å². The Labute approximate surface area is 118 Å². The molecule has 1 atom stereocenters. The lowest BCUT2D eigenvalue weighted by Gasteiger charge is -2.36. The van der Waals surface area contributed by atoms with Gasteiger partial charge < -0.3 is 4.74 Å². The summed E-state index contributed by atoms with van der Waals surface area (Å²) in [6.45, 7) is 0.656. The van der Waals surface area contributed by atoms with Gasteiger partial charge in [-0.3, -0.25) is 9.88 Å². The Morgan fingerprint density at radius 1 is 1.30 bits per heavy atom. The number of hydrogen-bond donors (Lipinski definition) is 0. The molecule has 0 bridgehead atoms. The van der Waals surface area contributed by atoms with Crippen molar-refractivity contribution < 1.29 is 9.53 Å². The van der Waals surface area contributed by atoms with E-state index < -0.39 is 0 Å². The molecule has 2 aromatic rings. The van der Waals surface area contributed by atoms with Crippen LogP contribution in [0.25, 0.3) is 0 Å². The third kappa shape index (κ3) is 2.13. The number of nitrogens with zero attached hydrogens (tertiary/aromatic N) is 2. The lowest BCUT2D eigenvalue weighted by Crippen LogP contribution is -2.40. The molecule has 0 aliphatic carbocycles. The van der Waals surface area contributed by atoms with Crippen molar-refractivity contribution in [3.05, 3.63) is 65.5 Å². The fourth-order valence-electron chi connectivity index (χ4n) is 2.78. The van der Waals surface area contributed by atoms with Crippen LogP contribution in [0.1, 0.15) is 22.7 Å². The zero-order valence-corrected chi connectivity index (χ0v) is 11.3. The average molecular weight is 268 g/mol. The smallest absolute Gasteiger partial charge is 0.410 e. The predicted molar refractivity (Wildman–Crippen MR) is 75.3 cm³/mol. The Balaban J connectivity index is 2.10. The van der Waals surface area contributed by atoms with Gasteiger partial charge in [0.2, 0.25) is 0 Å². The number of hydrogen-bond acceptors (Lipinski definition) is 3. The molecule has 102 valence electrons. The summed E-state index contributed by atoms with van der Waals surface area (Å²) in [5.41, 5.74) is 3.43. The normalized spacial score (nSPS) is 17.4. The minimum absolute atomic E-state index is 0.124. The van der Waals surface area contributed by atoms with Crippen LogP contribution in [0.2, 0.25) is 0 Å². The first-order valence-electron chi connectivity index (χ1n) is 6.63. The van der Waals surface area contributed by atoms with Crippen LogP contribution in [0.15, 0.2) is 48.8 Å². The number of ether oxygens (including phenoxy) is 1. The number of fused-ring (bicyclic) bond motifs is 1. The van der Waals surface area contributed by atoms with E-state index in [1.807, 2.05) is 30.5 Å².